The van der Waals surface area contributed by atoms with Crippen molar-refractivity contribution in [1.82, 2.24) is 9.73 Å². The minimum absolute atomic E-state index is 0.0459. The Bertz CT molecular complexity index is 1010. The third-order valence-corrected chi connectivity index (χ3v) is 6.09. The number of benzene rings is 2. The Morgan fingerprint density at radius 1 is 1.13 bits per heavy atom. The summed E-state index contributed by atoms with van der Waals surface area (Å²) >= 11 is 5.79. The maximum atomic E-state index is 12.5. The van der Waals surface area contributed by atoms with Crippen molar-refractivity contribution in [3.05, 3.63) is 53.1 Å². The molecule has 168 valence electrons. The SMILES string of the molecule is CCCOc1ccc(/C=N/NC(=O)CN(C)S(=O)(=O)c2ccc(Cl)cc2)cc1OCC. The highest BCUT2D eigenvalue weighted by Gasteiger charge is 2.22. The predicted octanol–water partition coefficient (Wildman–Crippen LogP) is 3.30. The second-order valence-corrected chi connectivity index (χ2v) is 8.98. The molecule has 0 fully saturated rings. The smallest absolute Gasteiger partial charge is 0.255 e. The van der Waals surface area contributed by atoms with Crippen molar-refractivity contribution >= 4 is 33.7 Å². The Morgan fingerprint density at radius 2 is 1.84 bits per heavy atom. The van der Waals surface area contributed by atoms with Crippen LogP contribution in [-0.4, -0.2) is 51.7 Å². The number of amides is 1. The molecule has 0 radical (unpaired) electrons. The fraction of sp³-hybridized carbons (Fsp3) is 0.333. The van der Waals surface area contributed by atoms with Gasteiger partial charge in [0.1, 0.15) is 0 Å². The number of hydrazone groups is 1. The van der Waals surface area contributed by atoms with E-state index >= 15 is 0 Å². The van der Waals surface area contributed by atoms with E-state index in [1.54, 1.807) is 18.2 Å². The molecule has 2 aromatic rings. The minimum Gasteiger partial charge on any atom is -0.490 e. The fourth-order valence-electron chi connectivity index (χ4n) is 2.49. The maximum absolute atomic E-state index is 12.5. The van der Waals surface area contributed by atoms with Crippen LogP contribution in [0.2, 0.25) is 5.02 Å². The van der Waals surface area contributed by atoms with Crippen molar-refractivity contribution in [1.29, 1.82) is 0 Å². The number of nitrogens with one attached hydrogen (secondary N) is 1. The van der Waals surface area contributed by atoms with E-state index in [9.17, 15) is 13.2 Å². The molecule has 0 heterocycles. The standard InChI is InChI=1S/C21H26ClN3O5S/c1-4-12-30-19-11-6-16(13-20(19)29-5-2)14-23-24-21(26)15-25(3)31(27,28)18-9-7-17(22)8-10-18/h6-11,13-14H,4-5,12,15H2,1-3H3,(H,24,26)/b23-14+. The number of ether oxygens (including phenoxy) is 2. The van der Waals surface area contributed by atoms with E-state index in [1.807, 2.05) is 13.8 Å². The second kappa shape index (κ2) is 11.7. The number of carbonyl (C=O) groups excluding carboxylic acids is 1. The topological polar surface area (TPSA) is 97.3 Å². The zero-order valence-corrected chi connectivity index (χ0v) is 19.2. The van der Waals surface area contributed by atoms with Crippen LogP contribution >= 0.6 is 11.6 Å². The molecule has 0 aliphatic carbocycles. The van der Waals surface area contributed by atoms with Crippen LogP contribution in [0, 0.1) is 0 Å². The molecule has 0 aliphatic heterocycles. The molecule has 0 aliphatic rings. The van der Waals surface area contributed by atoms with Gasteiger partial charge in [0.15, 0.2) is 11.5 Å². The summed E-state index contributed by atoms with van der Waals surface area (Å²) in [5.41, 5.74) is 3.02. The molecular formula is C21H26ClN3O5S. The normalized spacial score (nSPS) is 11.6. The first kappa shape index (κ1) is 24.6. The van der Waals surface area contributed by atoms with E-state index in [4.69, 9.17) is 21.1 Å². The molecule has 0 aromatic heterocycles. The van der Waals surface area contributed by atoms with Crippen LogP contribution in [-0.2, 0) is 14.8 Å². The van der Waals surface area contributed by atoms with E-state index in [-0.39, 0.29) is 4.90 Å². The van der Waals surface area contributed by atoms with Gasteiger partial charge in [-0.3, -0.25) is 4.79 Å². The molecule has 0 bridgehead atoms. The van der Waals surface area contributed by atoms with Crippen molar-refractivity contribution in [2.45, 2.75) is 25.2 Å². The monoisotopic (exact) mass is 467 g/mol. The summed E-state index contributed by atoms with van der Waals surface area (Å²) in [4.78, 5) is 12.2. The summed E-state index contributed by atoms with van der Waals surface area (Å²) in [6, 6.07) is 11.0. The zero-order chi connectivity index (χ0) is 22.9. The molecule has 10 heteroatoms. The second-order valence-electron chi connectivity index (χ2n) is 6.50. The lowest BCUT2D eigenvalue weighted by Gasteiger charge is -2.16. The average molecular weight is 468 g/mol. The van der Waals surface area contributed by atoms with Gasteiger partial charge in [-0.05, 0) is 61.4 Å². The van der Waals surface area contributed by atoms with Gasteiger partial charge in [-0.25, -0.2) is 13.8 Å². The summed E-state index contributed by atoms with van der Waals surface area (Å²) in [6.07, 6.45) is 2.32. The van der Waals surface area contributed by atoms with E-state index in [0.717, 1.165) is 10.7 Å². The van der Waals surface area contributed by atoms with Crippen molar-refractivity contribution < 1.29 is 22.7 Å². The highest BCUT2D eigenvalue weighted by atomic mass is 35.5. The van der Waals surface area contributed by atoms with Crippen LogP contribution < -0.4 is 14.9 Å². The Kier molecular flexibility index (Phi) is 9.29. The largest absolute Gasteiger partial charge is 0.490 e. The van der Waals surface area contributed by atoms with Crippen molar-refractivity contribution in [3.63, 3.8) is 0 Å². The first-order chi connectivity index (χ1) is 14.8. The Hall–Kier alpha value is -2.62. The Labute approximate surface area is 187 Å². The number of nitrogens with zero attached hydrogens (tertiary/aromatic N) is 2. The Balaban J connectivity index is 1.98. The maximum Gasteiger partial charge on any atom is 0.255 e. The number of hydrogen-bond acceptors (Lipinski definition) is 6. The van der Waals surface area contributed by atoms with Crippen LogP contribution in [0.3, 0.4) is 0 Å². The minimum atomic E-state index is -3.82. The van der Waals surface area contributed by atoms with E-state index in [1.165, 1.54) is 37.5 Å². The number of hydrogen-bond donors (Lipinski definition) is 1. The fourth-order valence-corrected chi connectivity index (χ4v) is 3.75. The van der Waals surface area contributed by atoms with E-state index in [2.05, 4.69) is 10.5 Å². The molecule has 2 aromatic carbocycles. The predicted molar refractivity (Wildman–Crippen MR) is 120 cm³/mol. The summed E-state index contributed by atoms with van der Waals surface area (Å²) in [5.74, 6) is 0.642. The third kappa shape index (κ3) is 7.23. The first-order valence-electron chi connectivity index (χ1n) is 9.71. The summed E-state index contributed by atoms with van der Waals surface area (Å²) in [6.45, 7) is 4.56. The van der Waals surface area contributed by atoms with Crippen molar-refractivity contribution in [2.24, 2.45) is 5.10 Å². The third-order valence-electron chi connectivity index (χ3n) is 4.02. The summed E-state index contributed by atoms with van der Waals surface area (Å²) in [5, 5.41) is 4.32. The number of halogens is 1. The molecule has 1 amide bonds. The molecule has 2 rings (SSSR count). The van der Waals surface area contributed by atoms with Gasteiger partial charge in [-0.2, -0.15) is 9.41 Å². The lowest BCUT2D eigenvalue weighted by Crippen LogP contribution is -2.36. The van der Waals surface area contributed by atoms with Gasteiger partial charge in [0.05, 0.1) is 30.9 Å². The van der Waals surface area contributed by atoms with Crippen LogP contribution in [0.15, 0.2) is 52.5 Å². The van der Waals surface area contributed by atoms with Crippen LogP contribution in [0.5, 0.6) is 11.5 Å². The molecule has 8 nitrogen and oxygen atoms in total. The number of likely N-dealkylation sites (N-methyl/N-ethyl adjacent to an activating group) is 1. The van der Waals surface area contributed by atoms with Crippen molar-refractivity contribution in [2.75, 3.05) is 26.8 Å². The van der Waals surface area contributed by atoms with Crippen molar-refractivity contribution in [3.8, 4) is 11.5 Å². The average Bonchev–Trinajstić information content (AvgIpc) is 2.73. The molecule has 31 heavy (non-hydrogen) atoms. The van der Waals surface area contributed by atoms with Gasteiger partial charge >= 0.3 is 0 Å². The zero-order valence-electron chi connectivity index (χ0n) is 17.7. The Morgan fingerprint density at radius 3 is 2.48 bits per heavy atom. The number of sulfonamides is 1. The van der Waals surface area contributed by atoms with Gasteiger partial charge in [-0.15, -0.1) is 0 Å². The van der Waals surface area contributed by atoms with E-state index in [0.29, 0.717) is 35.3 Å². The number of rotatable bonds is 11. The molecule has 0 unspecified atom stereocenters. The van der Waals surface area contributed by atoms with Gasteiger partial charge in [0.25, 0.3) is 5.91 Å². The molecule has 1 N–H and O–H groups in total. The summed E-state index contributed by atoms with van der Waals surface area (Å²) in [7, 11) is -2.50. The summed E-state index contributed by atoms with van der Waals surface area (Å²) < 4.78 is 37.2. The van der Waals surface area contributed by atoms with E-state index < -0.39 is 22.5 Å². The molecule has 0 saturated heterocycles. The van der Waals surface area contributed by atoms with Gasteiger partial charge in [-0.1, -0.05) is 18.5 Å². The lowest BCUT2D eigenvalue weighted by molar-refractivity contribution is -0.121. The molecule has 0 saturated carbocycles. The van der Waals surface area contributed by atoms with Crippen LogP contribution in [0.25, 0.3) is 0 Å². The number of carbonyl (C=O) groups is 1. The molecule has 0 atom stereocenters. The van der Waals surface area contributed by atoms with Crippen LogP contribution in [0.1, 0.15) is 25.8 Å². The molecule has 0 spiro atoms. The van der Waals surface area contributed by atoms with Crippen LogP contribution in [0.4, 0.5) is 0 Å². The van der Waals surface area contributed by atoms with Gasteiger partial charge < -0.3 is 9.47 Å². The molecular weight excluding hydrogens is 442 g/mol. The van der Waals surface area contributed by atoms with Gasteiger partial charge in [0.2, 0.25) is 10.0 Å². The first-order valence-corrected chi connectivity index (χ1v) is 11.5. The highest BCUT2D eigenvalue weighted by molar-refractivity contribution is 7.89. The lowest BCUT2D eigenvalue weighted by atomic mass is 10.2. The highest BCUT2D eigenvalue weighted by Crippen LogP contribution is 2.28. The quantitative estimate of drug-likeness (QED) is 0.404. The van der Waals surface area contributed by atoms with Gasteiger partial charge in [0, 0.05) is 12.1 Å².